The number of hydrogen-bond donors (Lipinski definition) is 2. The lowest BCUT2D eigenvalue weighted by Crippen LogP contribution is -2.52. The van der Waals surface area contributed by atoms with Crippen molar-refractivity contribution in [3.8, 4) is 0 Å². The fourth-order valence-electron chi connectivity index (χ4n) is 6.17. The molecule has 0 spiro atoms. The standard InChI is InChI=1S/C27H32FNO3/c1-16(2)20-14-18-8-11-23-26(3,12-5-13-27(23,4)25(31)32)21(18)15-22(20)29-24(30)17-6-9-19(28)10-7-17/h6-7,9-10,14-16,23H,5,8,11-13H2,1-4H3,(H,29,30)(H,31,32)/t23-,26-,27-/m1/s1. The first-order chi connectivity index (χ1) is 15.1. The molecule has 0 radical (unpaired) electrons. The number of anilines is 1. The van der Waals surface area contributed by atoms with E-state index >= 15 is 0 Å². The molecule has 2 aromatic carbocycles. The van der Waals surface area contributed by atoms with Crippen LogP contribution in [0.25, 0.3) is 0 Å². The van der Waals surface area contributed by atoms with E-state index in [-0.39, 0.29) is 29.0 Å². The summed E-state index contributed by atoms with van der Waals surface area (Å²) in [4.78, 5) is 25.2. The van der Waals surface area contributed by atoms with Crippen molar-refractivity contribution in [1.29, 1.82) is 0 Å². The number of carboxylic acid groups (broad SMARTS) is 1. The number of benzene rings is 2. The molecule has 170 valence electrons. The molecule has 2 N–H and O–H groups in total. The van der Waals surface area contributed by atoms with Crippen LogP contribution >= 0.6 is 0 Å². The number of fused-ring (bicyclic) bond motifs is 3. The maximum Gasteiger partial charge on any atom is 0.309 e. The van der Waals surface area contributed by atoms with Crippen LogP contribution in [0.3, 0.4) is 0 Å². The van der Waals surface area contributed by atoms with Gasteiger partial charge in [-0.15, -0.1) is 0 Å². The minimum atomic E-state index is -0.737. The van der Waals surface area contributed by atoms with Crippen LogP contribution in [0.1, 0.15) is 86.3 Å². The van der Waals surface area contributed by atoms with Gasteiger partial charge in [0.2, 0.25) is 0 Å². The zero-order valence-corrected chi connectivity index (χ0v) is 19.3. The van der Waals surface area contributed by atoms with E-state index in [0.717, 1.165) is 36.9 Å². The molecular weight excluding hydrogens is 405 g/mol. The Morgan fingerprint density at radius 1 is 1.12 bits per heavy atom. The first-order valence-corrected chi connectivity index (χ1v) is 11.5. The van der Waals surface area contributed by atoms with Gasteiger partial charge < -0.3 is 10.4 Å². The molecule has 32 heavy (non-hydrogen) atoms. The molecule has 0 aliphatic heterocycles. The van der Waals surface area contributed by atoms with E-state index < -0.39 is 11.4 Å². The summed E-state index contributed by atoms with van der Waals surface area (Å²) in [6, 6.07) is 9.82. The van der Waals surface area contributed by atoms with E-state index in [1.807, 2.05) is 6.92 Å². The molecule has 0 heterocycles. The van der Waals surface area contributed by atoms with Crippen molar-refractivity contribution in [3.05, 3.63) is 64.5 Å². The molecule has 3 atom stereocenters. The van der Waals surface area contributed by atoms with Gasteiger partial charge in [0.25, 0.3) is 5.91 Å². The summed E-state index contributed by atoms with van der Waals surface area (Å²) in [6.07, 6.45) is 4.24. The molecule has 0 saturated heterocycles. The van der Waals surface area contributed by atoms with Gasteiger partial charge in [-0.25, -0.2) is 4.39 Å². The molecule has 4 rings (SSSR count). The second-order valence-corrected chi connectivity index (χ2v) is 10.3. The Bertz CT molecular complexity index is 1060. The highest BCUT2D eigenvalue weighted by Crippen LogP contribution is 2.58. The maximum absolute atomic E-state index is 13.3. The van der Waals surface area contributed by atoms with Crippen molar-refractivity contribution in [2.24, 2.45) is 11.3 Å². The Morgan fingerprint density at radius 2 is 1.81 bits per heavy atom. The van der Waals surface area contributed by atoms with Gasteiger partial charge in [-0.05, 0) is 96.9 Å². The lowest BCUT2D eigenvalue weighted by molar-refractivity contribution is -0.157. The minimum absolute atomic E-state index is 0.0549. The average Bonchev–Trinajstić information content (AvgIpc) is 2.73. The molecule has 1 saturated carbocycles. The van der Waals surface area contributed by atoms with Gasteiger partial charge >= 0.3 is 5.97 Å². The Morgan fingerprint density at radius 3 is 2.44 bits per heavy atom. The summed E-state index contributed by atoms with van der Waals surface area (Å²) in [5, 5.41) is 13.1. The van der Waals surface area contributed by atoms with Gasteiger partial charge in [-0.1, -0.05) is 33.3 Å². The summed E-state index contributed by atoms with van der Waals surface area (Å²) in [6.45, 7) is 8.31. The second-order valence-electron chi connectivity index (χ2n) is 10.3. The quantitative estimate of drug-likeness (QED) is 0.590. The molecule has 4 nitrogen and oxygen atoms in total. The predicted octanol–water partition coefficient (Wildman–Crippen LogP) is 6.30. The van der Waals surface area contributed by atoms with Gasteiger partial charge in [0.1, 0.15) is 5.82 Å². The molecule has 5 heteroatoms. The Balaban J connectivity index is 1.77. The lowest BCUT2D eigenvalue weighted by Gasteiger charge is -2.53. The number of halogens is 1. The van der Waals surface area contributed by atoms with Gasteiger partial charge in [0, 0.05) is 11.3 Å². The average molecular weight is 438 g/mol. The first kappa shape index (κ1) is 22.5. The minimum Gasteiger partial charge on any atom is -0.481 e. The number of amides is 1. The summed E-state index contributed by atoms with van der Waals surface area (Å²) < 4.78 is 13.3. The van der Waals surface area contributed by atoms with E-state index in [2.05, 4.69) is 38.2 Å². The molecule has 1 amide bonds. The summed E-state index contributed by atoms with van der Waals surface area (Å²) >= 11 is 0. The number of rotatable bonds is 4. The smallest absolute Gasteiger partial charge is 0.309 e. The van der Waals surface area contributed by atoms with Crippen molar-refractivity contribution in [2.45, 2.75) is 71.1 Å². The third-order valence-corrected chi connectivity index (χ3v) is 7.99. The Labute approximate surface area is 189 Å². The molecule has 0 unspecified atom stereocenters. The second kappa shape index (κ2) is 8.02. The van der Waals surface area contributed by atoms with Crippen molar-refractivity contribution in [3.63, 3.8) is 0 Å². The van der Waals surface area contributed by atoms with Crippen molar-refractivity contribution in [1.82, 2.24) is 0 Å². The largest absolute Gasteiger partial charge is 0.481 e. The number of hydrogen-bond acceptors (Lipinski definition) is 2. The summed E-state index contributed by atoms with van der Waals surface area (Å²) in [7, 11) is 0. The highest BCUT2D eigenvalue weighted by atomic mass is 19.1. The molecule has 0 bridgehead atoms. The van der Waals surface area contributed by atoms with Crippen LogP contribution in [0.2, 0.25) is 0 Å². The molecular formula is C27H32FNO3. The Hall–Kier alpha value is -2.69. The number of carbonyl (C=O) groups excluding carboxylic acids is 1. The van der Waals surface area contributed by atoms with Crippen LogP contribution in [-0.4, -0.2) is 17.0 Å². The topological polar surface area (TPSA) is 66.4 Å². The van der Waals surface area contributed by atoms with Gasteiger partial charge in [0.15, 0.2) is 0 Å². The molecule has 0 aromatic heterocycles. The van der Waals surface area contributed by atoms with Crippen LogP contribution in [0, 0.1) is 17.2 Å². The van der Waals surface area contributed by atoms with Crippen LogP contribution < -0.4 is 5.32 Å². The van der Waals surface area contributed by atoms with Crippen LogP contribution in [0.15, 0.2) is 36.4 Å². The third-order valence-electron chi connectivity index (χ3n) is 7.99. The predicted molar refractivity (Wildman–Crippen MR) is 124 cm³/mol. The summed E-state index contributed by atoms with van der Waals surface area (Å²) in [5.74, 6) is -1.09. The van der Waals surface area contributed by atoms with Crippen LogP contribution in [0.5, 0.6) is 0 Å². The summed E-state index contributed by atoms with van der Waals surface area (Å²) in [5.41, 5.74) is 3.68. The number of carboxylic acids is 1. The zero-order valence-electron chi connectivity index (χ0n) is 19.3. The lowest BCUT2D eigenvalue weighted by atomic mass is 9.49. The molecule has 1 fully saturated rings. The van der Waals surface area contributed by atoms with Crippen LogP contribution in [-0.2, 0) is 16.6 Å². The van der Waals surface area contributed by atoms with E-state index in [9.17, 15) is 19.1 Å². The van der Waals surface area contributed by atoms with Gasteiger partial charge in [-0.2, -0.15) is 0 Å². The SMILES string of the molecule is CC(C)c1cc2c(cc1NC(=O)c1ccc(F)cc1)[C@@]1(C)CCC[C@@](C)(C(=O)O)[C@@H]1CC2. The number of aryl methyl sites for hydroxylation is 1. The van der Waals surface area contributed by atoms with E-state index in [0.29, 0.717) is 12.0 Å². The van der Waals surface area contributed by atoms with Crippen molar-refractivity contribution >= 4 is 17.6 Å². The molecule has 2 aromatic rings. The van der Waals surface area contributed by atoms with E-state index in [1.165, 1.54) is 35.4 Å². The molecule has 2 aliphatic rings. The third kappa shape index (κ3) is 3.62. The fourth-order valence-corrected chi connectivity index (χ4v) is 6.17. The van der Waals surface area contributed by atoms with E-state index in [4.69, 9.17) is 0 Å². The highest BCUT2D eigenvalue weighted by Gasteiger charge is 2.55. The molecule has 2 aliphatic carbocycles. The zero-order chi connectivity index (χ0) is 23.3. The van der Waals surface area contributed by atoms with Gasteiger partial charge in [0.05, 0.1) is 5.41 Å². The maximum atomic E-state index is 13.3. The van der Waals surface area contributed by atoms with Crippen LogP contribution in [0.4, 0.5) is 10.1 Å². The highest BCUT2D eigenvalue weighted by molar-refractivity contribution is 6.04. The number of aliphatic carboxylic acids is 1. The van der Waals surface area contributed by atoms with Crippen molar-refractivity contribution < 1.29 is 19.1 Å². The monoisotopic (exact) mass is 437 g/mol. The Kier molecular flexibility index (Phi) is 5.64. The first-order valence-electron chi connectivity index (χ1n) is 11.5. The van der Waals surface area contributed by atoms with Gasteiger partial charge in [-0.3, -0.25) is 9.59 Å². The normalized spacial score (nSPS) is 26.9. The van der Waals surface area contributed by atoms with E-state index in [1.54, 1.807) is 0 Å². The number of carbonyl (C=O) groups is 2. The number of nitrogens with one attached hydrogen (secondary N) is 1. The fraction of sp³-hybridized carbons (Fsp3) is 0.481. The van der Waals surface area contributed by atoms with Crippen molar-refractivity contribution in [2.75, 3.05) is 5.32 Å².